The van der Waals surface area contributed by atoms with Crippen LogP contribution >= 0.6 is 12.4 Å². The summed E-state index contributed by atoms with van der Waals surface area (Å²) in [5.41, 5.74) is 5.33. The number of carbonyl (C=O) groups excluding carboxylic acids is 1. The summed E-state index contributed by atoms with van der Waals surface area (Å²) < 4.78 is 31.8. The van der Waals surface area contributed by atoms with Gasteiger partial charge in [0.25, 0.3) is 5.91 Å². The molecule has 1 saturated heterocycles. The molecule has 22 heavy (non-hydrogen) atoms. The number of ether oxygens (including phenoxy) is 1. The van der Waals surface area contributed by atoms with Gasteiger partial charge >= 0.3 is 0 Å². The van der Waals surface area contributed by atoms with Crippen molar-refractivity contribution < 1.29 is 17.9 Å². The van der Waals surface area contributed by atoms with Crippen molar-refractivity contribution in [3.8, 4) is 5.75 Å². The second kappa shape index (κ2) is 7.28. The topological polar surface area (TPSA) is 102 Å². The molecular weight excluding hydrogens is 330 g/mol. The number of rotatable bonds is 4. The molecule has 0 spiro atoms. The van der Waals surface area contributed by atoms with E-state index in [4.69, 9.17) is 10.5 Å². The summed E-state index contributed by atoms with van der Waals surface area (Å²) in [7, 11) is -2.27. The number of nitrogens with two attached hydrogens (primary N) is 1. The Labute approximate surface area is 136 Å². The van der Waals surface area contributed by atoms with E-state index in [0.29, 0.717) is 19.6 Å². The number of halogens is 1. The molecule has 0 aliphatic carbocycles. The van der Waals surface area contributed by atoms with Gasteiger partial charge in [-0.25, -0.2) is 8.42 Å². The van der Waals surface area contributed by atoms with Crippen LogP contribution in [0, 0.1) is 0 Å². The van der Waals surface area contributed by atoms with Crippen molar-refractivity contribution in [2.75, 3.05) is 26.7 Å². The lowest BCUT2D eigenvalue weighted by Crippen LogP contribution is -2.52. The lowest BCUT2D eigenvalue weighted by atomic mass is 10.2. The minimum absolute atomic E-state index is 0. The normalized spacial score (nSPS) is 19.3. The lowest BCUT2D eigenvalue weighted by molar-refractivity contribution is 0.0997. The molecule has 0 bridgehead atoms. The number of benzene rings is 1. The third kappa shape index (κ3) is 3.52. The Kier molecular flexibility index (Phi) is 6.18. The van der Waals surface area contributed by atoms with Crippen LogP contribution in [0.25, 0.3) is 0 Å². The number of piperazine rings is 1. The summed E-state index contributed by atoms with van der Waals surface area (Å²) in [6.07, 6.45) is 0. The third-order valence-corrected chi connectivity index (χ3v) is 5.49. The molecule has 1 unspecified atom stereocenters. The number of hydrogen-bond acceptors (Lipinski definition) is 5. The first-order valence-corrected chi connectivity index (χ1v) is 8.02. The van der Waals surface area contributed by atoms with Gasteiger partial charge in [0.05, 0.1) is 17.6 Å². The Morgan fingerprint density at radius 1 is 1.45 bits per heavy atom. The van der Waals surface area contributed by atoms with Crippen LogP contribution in [0.5, 0.6) is 5.75 Å². The molecule has 1 atom stereocenters. The van der Waals surface area contributed by atoms with Gasteiger partial charge in [0, 0.05) is 25.7 Å². The quantitative estimate of drug-likeness (QED) is 0.808. The minimum atomic E-state index is -3.66. The second-order valence-electron chi connectivity index (χ2n) is 4.90. The average Bonchev–Trinajstić information content (AvgIpc) is 2.46. The maximum Gasteiger partial charge on any atom is 0.252 e. The van der Waals surface area contributed by atoms with Gasteiger partial charge in [0.2, 0.25) is 10.0 Å². The van der Waals surface area contributed by atoms with Crippen LogP contribution in [0.15, 0.2) is 23.1 Å². The molecule has 7 nitrogen and oxygen atoms in total. The number of nitrogens with one attached hydrogen (secondary N) is 1. The largest absolute Gasteiger partial charge is 0.496 e. The van der Waals surface area contributed by atoms with E-state index in [1.54, 1.807) is 0 Å². The van der Waals surface area contributed by atoms with Crippen LogP contribution in [0.1, 0.15) is 17.3 Å². The fraction of sp³-hybridized carbons (Fsp3) is 0.462. The van der Waals surface area contributed by atoms with E-state index in [-0.39, 0.29) is 34.7 Å². The average molecular weight is 350 g/mol. The highest BCUT2D eigenvalue weighted by Crippen LogP contribution is 2.25. The first-order valence-electron chi connectivity index (χ1n) is 6.58. The number of primary amides is 1. The molecule has 0 saturated carbocycles. The Morgan fingerprint density at radius 2 is 2.14 bits per heavy atom. The summed E-state index contributed by atoms with van der Waals surface area (Å²) >= 11 is 0. The van der Waals surface area contributed by atoms with Crippen LogP contribution in [0.4, 0.5) is 0 Å². The maximum atomic E-state index is 12.7. The van der Waals surface area contributed by atoms with Gasteiger partial charge in [-0.2, -0.15) is 4.31 Å². The summed E-state index contributed by atoms with van der Waals surface area (Å²) in [6.45, 7) is 3.42. The van der Waals surface area contributed by atoms with Gasteiger partial charge < -0.3 is 15.8 Å². The Bertz CT molecular complexity index is 651. The molecule has 1 aliphatic rings. The molecule has 3 N–H and O–H groups in total. The van der Waals surface area contributed by atoms with E-state index in [1.807, 2.05) is 6.92 Å². The van der Waals surface area contributed by atoms with Crippen molar-refractivity contribution in [1.82, 2.24) is 9.62 Å². The molecule has 2 rings (SSSR count). The van der Waals surface area contributed by atoms with E-state index in [9.17, 15) is 13.2 Å². The fourth-order valence-corrected chi connectivity index (χ4v) is 4.01. The molecular formula is C13H20ClN3O4S. The van der Waals surface area contributed by atoms with Crippen LogP contribution in [0.2, 0.25) is 0 Å². The monoisotopic (exact) mass is 349 g/mol. The van der Waals surface area contributed by atoms with Gasteiger partial charge in [-0.1, -0.05) is 0 Å². The Balaban J connectivity index is 0.00000242. The molecule has 9 heteroatoms. The third-order valence-electron chi connectivity index (χ3n) is 3.48. The number of hydrogen-bond donors (Lipinski definition) is 2. The standard InChI is InChI=1S/C13H19N3O4S.ClH/c1-9-8-15-5-6-16(9)21(18,19)10-3-4-12(20-2)11(7-10)13(14)17;/h3-4,7,9,15H,5-6,8H2,1-2H3,(H2,14,17);1H. The number of methoxy groups -OCH3 is 1. The van der Waals surface area contributed by atoms with Crippen molar-refractivity contribution in [2.24, 2.45) is 5.73 Å². The van der Waals surface area contributed by atoms with E-state index in [2.05, 4.69) is 5.32 Å². The van der Waals surface area contributed by atoms with E-state index in [0.717, 1.165) is 0 Å². The van der Waals surface area contributed by atoms with Crippen molar-refractivity contribution >= 4 is 28.3 Å². The minimum Gasteiger partial charge on any atom is -0.496 e. The Hall–Kier alpha value is -1.35. The number of amides is 1. The van der Waals surface area contributed by atoms with Crippen molar-refractivity contribution in [3.05, 3.63) is 23.8 Å². The van der Waals surface area contributed by atoms with E-state index >= 15 is 0 Å². The van der Waals surface area contributed by atoms with E-state index < -0.39 is 15.9 Å². The lowest BCUT2D eigenvalue weighted by Gasteiger charge is -2.32. The summed E-state index contributed by atoms with van der Waals surface area (Å²) in [4.78, 5) is 11.5. The van der Waals surface area contributed by atoms with Crippen LogP contribution in [0.3, 0.4) is 0 Å². The van der Waals surface area contributed by atoms with Crippen LogP contribution < -0.4 is 15.8 Å². The molecule has 124 valence electrons. The SMILES string of the molecule is COc1ccc(S(=O)(=O)N2CCNCC2C)cc1C(N)=O.Cl. The number of nitrogens with zero attached hydrogens (tertiary/aromatic N) is 1. The number of sulfonamides is 1. The van der Waals surface area contributed by atoms with Crippen LogP contribution in [-0.4, -0.2) is 51.4 Å². The zero-order valence-electron chi connectivity index (χ0n) is 12.4. The smallest absolute Gasteiger partial charge is 0.252 e. The fourth-order valence-electron chi connectivity index (χ4n) is 2.35. The molecule has 1 aromatic carbocycles. The first kappa shape index (κ1) is 18.7. The molecule has 1 amide bonds. The predicted octanol–water partition coefficient (Wildman–Crippen LogP) is 0.198. The van der Waals surface area contributed by atoms with Gasteiger partial charge in [0.1, 0.15) is 5.75 Å². The van der Waals surface area contributed by atoms with Gasteiger partial charge in [-0.3, -0.25) is 4.79 Å². The van der Waals surface area contributed by atoms with Gasteiger partial charge in [0.15, 0.2) is 0 Å². The highest BCUT2D eigenvalue weighted by atomic mass is 35.5. The molecule has 1 heterocycles. The second-order valence-corrected chi connectivity index (χ2v) is 6.79. The van der Waals surface area contributed by atoms with Crippen molar-refractivity contribution in [1.29, 1.82) is 0 Å². The molecule has 1 aliphatic heterocycles. The Morgan fingerprint density at radius 3 is 2.68 bits per heavy atom. The molecule has 1 aromatic rings. The zero-order valence-corrected chi connectivity index (χ0v) is 14.0. The van der Waals surface area contributed by atoms with Crippen molar-refractivity contribution in [2.45, 2.75) is 17.9 Å². The summed E-state index contributed by atoms with van der Waals surface area (Å²) in [5, 5.41) is 3.14. The van der Waals surface area contributed by atoms with Crippen LogP contribution in [-0.2, 0) is 10.0 Å². The predicted molar refractivity (Wildman–Crippen MR) is 85.0 cm³/mol. The zero-order chi connectivity index (χ0) is 15.6. The molecule has 0 aromatic heterocycles. The number of carbonyl (C=O) groups is 1. The van der Waals surface area contributed by atoms with Gasteiger partial charge in [-0.15, -0.1) is 12.4 Å². The highest BCUT2D eigenvalue weighted by molar-refractivity contribution is 7.89. The molecule has 1 fully saturated rings. The van der Waals surface area contributed by atoms with Crippen molar-refractivity contribution in [3.63, 3.8) is 0 Å². The summed E-state index contributed by atoms with van der Waals surface area (Å²) in [6, 6.07) is 3.99. The van der Waals surface area contributed by atoms with E-state index in [1.165, 1.54) is 29.6 Å². The van der Waals surface area contributed by atoms with Gasteiger partial charge in [-0.05, 0) is 25.1 Å². The highest BCUT2D eigenvalue weighted by Gasteiger charge is 2.31. The first-order chi connectivity index (χ1) is 9.87. The maximum absolute atomic E-state index is 12.7. The summed E-state index contributed by atoms with van der Waals surface area (Å²) in [5.74, 6) is -0.466. The molecule has 0 radical (unpaired) electrons.